The van der Waals surface area contributed by atoms with E-state index < -0.39 is 0 Å². The summed E-state index contributed by atoms with van der Waals surface area (Å²) in [5.41, 5.74) is 0.701. The SMILES string of the molecule is ClCc1nc(-c2cc(Cl)cc(Cl)c2)no1. The molecule has 0 saturated carbocycles. The van der Waals surface area contributed by atoms with Crippen molar-refractivity contribution in [1.29, 1.82) is 0 Å². The van der Waals surface area contributed by atoms with Crippen LogP contribution in [-0.2, 0) is 5.88 Å². The Morgan fingerprint density at radius 1 is 1.13 bits per heavy atom. The maximum Gasteiger partial charge on any atom is 0.241 e. The zero-order chi connectivity index (χ0) is 10.8. The Balaban J connectivity index is 2.44. The van der Waals surface area contributed by atoms with Crippen molar-refractivity contribution in [2.75, 3.05) is 0 Å². The van der Waals surface area contributed by atoms with Crippen molar-refractivity contribution in [2.24, 2.45) is 0 Å². The van der Waals surface area contributed by atoms with Gasteiger partial charge in [-0.15, -0.1) is 11.6 Å². The summed E-state index contributed by atoms with van der Waals surface area (Å²) in [5.74, 6) is 0.971. The van der Waals surface area contributed by atoms with E-state index in [1.165, 1.54) is 0 Å². The lowest BCUT2D eigenvalue weighted by atomic mass is 10.2. The highest BCUT2D eigenvalue weighted by atomic mass is 35.5. The van der Waals surface area contributed by atoms with E-state index in [1.807, 2.05) is 0 Å². The first kappa shape index (κ1) is 10.7. The van der Waals surface area contributed by atoms with Crippen LogP contribution in [0.4, 0.5) is 0 Å². The Morgan fingerprint density at radius 3 is 2.33 bits per heavy atom. The molecule has 6 heteroatoms. The van der Waals surface area contributed by atoms with Gasteiger partial charge in [0.2, 0.25) is 11.7 Å². The molecule has 0 fully saturated rings. The van der Waals surface area contributed by atoms with Crippen molar-refractivity contribution < 1.29 is 4.52 Å². The molecule has 0 aliphatic rings. The second-order valence-corrected chi connectivity index (χ2v) is 3.94. The standard InChI is InChI=1S/C9H5Cl3N2O/c10-4-8-13-9(14-15-8)5-1-6(11)3-7(12)2-5/h1-3H,4H2. The van der Waals surface area contributed by atoms with Gasteiger partial charge in [0.05, 0.1) is 0 Å². The molecule has 0 saturated heterocycles. The highest BCUT2D eigenvalue weighted by molar-refractivity contribution is 6.35. The van der Waals surface area contributed by atoms with Crippen molar-refractivity contribution in [3.05, 3.63) is 34.1 Å². The average Bonchev–Trinajstić information content (AvgIpc) is 2.64. The van der Waals surface area contributed by atoms with Gasteiger partial charge in [0.1, 0.15) is 5.88 Å². The third-order valence-corrected chi connectivity index (χ3v) is 2.37. The predicted molar refractivity (Wildman–Crippen MR) is 59.3 cm³/mol. The summed E-state index contributed by atoms with van der Waals surface area (Å²) in [6, 6.07) is 5.04. The molecule has 1 heterocycles. The van der Waals surface area contributed by atoms with Crippen LogP contribution < -0.4 is 0 Å². The first-order valence-corrected chi connectivity index (χ1v) is 5.33. The molecule has 0 amide bonds. The summed E-state index contributed by atoms with van der Waals surface area (Å²) in [5, 5.41) is 4.80. The van der Waals surface area contributed by atoms with Gasteiger partial charge in [0, 0.05) is 15.6 Å². The van der Waals surface area contributed by atoms with Crippen LogP contribution in [0.5, 0.6) is 0 Å². The second-order valence-electron chi connectivity index (χ2n) is 2.80. The van der Waals surface area contributed by atoms with Crippen molar-refractivity contribution in [1.82, 2.24) is 10.1 Å². The first-order chi connectivity index (χ1) is 7.19. The van der Waals surface area contributed by atoms with E-state index in [4.69, 9.17) is 39.3 Å². The lowest BCUT2D eigenvalue weighted by Crippen LogP contribution is -1.82. The molecule has 0 atom stereocenters. The van der Waals surface area contributed by atoms with Gasteiger partial charge in [-0.1, -0.05) is 28.4 Å². The van der Waals surface area contributed by atoms with Crippen LogP contribution in [0.1, 0.15) is 5.89 Å². The molecule has 0 aliphatic carbocycles. The van der Waals surface area contributed by atoms with Gasteiger partial charge in [-0.05, 0) is 18.2 Å². The zero-order valence-corrected chi connectivity index (χ0v) is 9.64. The van der Waals surface area contributed by atoms with Gasteiger partial charge >= 0.3 is 0 Å². The van der Waals surface area contributed by atoms with Gasteiger partial charge in [-0.25, -0.2) is 0 Å². The minimum absolute atomic E-state index is 0.182. The molecule has 1 aromatic heterocycles. The molecule has 0 unspecified atom stereocenters. The van der Waals surface area contributed by atoms with Crippen molar-refractivity contribution >= 4 is 34.8 Å². The van der Waals surface area contributed by atoms with Crippen LogP contribution in [0.25, 0.3) is 11.4 Å². The Kier molecular flexibility index (Phi) is 3.14. The number of nitrogens with zero attached hydrogens (tertiary/aromatic N) is 2. The molecular formula is C9H5Cl3N2O. The number of halogens is 3. The molecular weight excluding hydrogens is 258 g/mol. The molecule has 0 radical (unpaired) electrons. The number of hydrogen-bond acceptors (Lipinski definition) is 3. The molecule has 1 aromatic carbocycles. The van der Waals surface area contributed by atoms with Crippen LogP contribution in [-0.4, -0.2) is 10.1 Å². The molecule has 2 rings (SSSR count). The van der Waals surface area contributed by atoms with Crippen LogP contribution in [0.2, 0.25) is 10.0 Å². The quantitative estimate of drug-likeness (QED) is 0.774. The number of benzene rings is 1. The van der Waals surface area contributed by atoms with Gasteiger partial charge in [0.25, 0.3) is 0 Å². The minimum atomic E-state index is 0.182. The van der Waals surface area contributed by atoms with Gasteiger partial charge in [-0.3, -0.25) is 0 Å². The summed E-state index contributed by atoms with van der Waals surface area (Å²) in [6.45, 7) is 0. The van der Waals surface area contributed by atoms with Gasteiger partial charge in [0.15, 0.2) is 0 Å². The third kappa shape index (κ3) is 2.43. The summed E-state index contributed by atoms with van der Waals surface area (Å²) < 4.78 is 4.87. The lowest BCUT2D eigenvalue weighted by Gasteiger charge is -1.96. The summed E-state index contributed by atoms with van der Waals surface area (Å²) in [6.07, 6.45) is 0. The largest absolute Gasteiger partial charge is 0.338 e. The lowest BCUT2D eigenvalue weighted by molar-refractivity contribution is 0.391. The van der Waals surface area contributed by atoms with E-state index in [0.29, 0.717) is 27.3 Å². The molecule has 2 aromatic rings. The highest BCUT2D eigenvalue weighted by Crippen LogP contribution is 2.25. The van der Waals surface area contributed by atoms with Crippen molar-refractivity contribution in [3.8, 4) is 11.4 Å². The summed E-state index contributed by atoms with van der Waals surface area (Å²) in [7, 11) is 0. The number of rotatable bonds is 2. The van der Waals surface area contributed by atoms with E-state index in [9.17, 15) is 0 Å². The Bertz CT molecular complexity index is 464. The maximum absolute atomic E-state index is 5.84. The predicted octanol–water partition coefficient (Wildman–Crippen LogP) is 3.78. The second kappa shape index (κ2) is 4.39. The van der Waals surface area contributed by atoms with Crippen LogP contribution in [0.15, 0.2) is 22.7 Å². The molecule has 0 spiro atoms. The zero-order valence-electron chi connectivity index (χ0n) is 7.38. The van der Waals surface area contributed by atoms with Crippen molar-refractivity contribution in [2.45, 2.75) is 5.88 Å². The molecule has 0 aliphatic heterocycles. The Labute approximate surface area is 101 Å². The average molecular weight is 264 g/mol. The molecule has 3 nitrogen and oxygen atoms in total. The Morgan fingerprint density at radius 2 is 1.80 bits per heavy atom. The molecule has 78 valence electrons. The van der Waals surface area contributed by atoms with E-state index >= 15 is 0 Å². The topological polar surface area (TPSA) is 38.9 Å². The first-order valence-electron chi connectivity index (χ1n) is 4.04. The van der Waals surface area contributed by atoms with E-state index in [0.717, 1.165) is 0 Å². The normalized spacial score (nSPS) is 10.6. The van der Waals surface area contributed by atoms with Gasteiger partial charge < -0.3 is 4.52 Å². The van der Waals surface area contributed by atoms with E-state index in [2.05, 4.69) is 10.1 Å². The third-order valence-electron chi connectivity index (χ3n) is 1.70. The smallest absolute Gasteiger partial charge is 0.241 e. The molecule has 15 heavy (non-hydrogen) atoms. The van der Waals surface area contributed by atoms with E-state index in [1.54, 1.807) is 18.2 Å². The maximum atomic E-state index is 5.84. The van der Waals surface area contributed by atoms with Gasteiger partial charge in [-0.2, -0.15) is 4.98 Å². The summed E-state index contributed by atoms with van der Waals surface area (Å²) >= 11 is 17.2. The van der Waals surface area contributed by atoms with E-state index in [-0.39, 0.29) is 5.88 Å². The fourth-order valence-electron chi connectivity index (χ4n) is 1.11. The minimum Gasteiger partial charge on any atom is -0.338 e. The monoisotopic (exact) mass is 262 g/mol. The fourth-order valence-corrected chi connectivity index (χ4v) is 1.74. The summed E-state index contributed by atoms with van der Waals surface area (Å²) in [4.78, 5) is 4.05. The number of hydrogen-bond donors (Lipinski definition) is 0. The number of alkyl halides is 1. The molecule has 0 N–H and O–H groups in total. The van der Waals surface area contributed by atoms with Crippen molar-refractivity contribution in [3.63, 3.8) is 0 Å². The Hall–Kier alpha value is -0.770. The number of aromatic nitrogens is 2. The fraction of sp³-hybridized carbons (Fsp3) is 0.111. The van der Waals surface area contributed by atoms with Crippen LogP contribution >= 0.6 is 34.8 Å². The van der Waals surface area contributed by atoms with Crippen LogP contribution in [0, 0.1) is 0 Å². The molecule has 0 bridgehead atoms. The van der Waals surface area contributed by atoms with Crippen LogP contribution in [0.3, 0.4) is 0 Å². The highest BCUT2D eigenvalue weighted by Gasteiger charge is 2.09.